The summed E-state index contributed by atoms with van der Waals surface area (Å²) in [6.45, 7) is 17.3. The molecule has 0 fully saturated rings. The molecule has 0 aliphatic rings. The van der Waals surface area contributed by atoms with Gasteiger partial charge in [0.25, 0.3) is 0 Å². The fraction of sp³-hybridized carbons (Fsp3) is 0.875. The summed E-state index contributed by atoms with van der Waals surface area (Å²) < 4.78 is 5.49. The fourth-order valence-corrected chi connectivity index (χ4v) is 2.56. The minimum atomic E-state index is 0.209. The Balaban J connectivity index is 4.09. The maximum absolute atomic E-state index is 5.49. The highest BCUT2D eigenvalue weighted by molar-refractivity contribution is 4.84. The highest BCUT2D eigenvalue weighted by Gasteiger charge is 2.33. The van der Waals surface area contributed by atoms with Crippen molar-refractivity contribution in [1.82, 2.24) is 5.32 Å². The second-order valence-electron chi connectivity index (χ2n) is 6.82. The maximum Gasteiger partial charge on any atom is 0.0594 e. The molecular weight excluding hydrogens is 222 g/mol. The predicted molar refractivity (Wildman–Crippen MR) is 81.0 cm³/mol. The van der Waals surface area contributed by atoms with Crippen LogP contribution in [-0.2, 0) is 4.74 Å². The van der Waals surface area contributed by atoms with Crippen LogP contribution in [0, 0.1) is 10.8 Å². The molecule has 1 unspecified atom stereocenters. The third kappa shape index (κ3) is 7.17. The molecule has 0 amide bonds. The van der Waals surface area contributed by atoms with Crippen molar-refractivity contribution in [2.24, 2.45) is 10.8 Å². The van der Waals surface area contributed by atoms with Gasteiger partial charge < -0.3 is 10.1 Å². The van der Waals surface area contributed by atoms with E-state index in [1.165, 1.54) is 6.42 Å². The Labute approximate surface area is 114 Å². The Bertz CT molecular complexity index is 233. The van der Waals surface area contributed by atoms with Gasteiger partial charge in [0.1, 0.15) is 0 Å². The molecule has 0 rings (SSSR count). The summed E-state index contributed by atoms with van der Waals surface area (Å²) in [5.74, 6) is 0. The maximum atomic E-state index is 5.49. The van der Waals surface area contributed by atoms with Crippen molar-refractivity contribution < 1.29 is 4.74 Å². The largest absolute Gasteiger partial charge is 0.381 e. The number of methoxy groups -OCH3 is 1. The van der Waals surface area contributed by atoms with Gasteiger partial charge in [-0.15, -0.1) is 6.58 Å². The molecule has 0 aromatic rings. The third-order valence-corrected chi connectivity index (χ3v) is 3.75. The molecule has 0 aliphatic carbocycles. The first kappa shape index (κ1) is 17.7. The minimum absolute atomic E-state index is 0.209. The van der Waals surface area contributed by atoms with E-state index in [2.05, 4.69) is 46.5 Å². The van der Waals surface area contributed by atoms with Crippen molar-refractivity contribution in [2.75, 3.05) is 20.2 Å². The lowest BCUT2D eigenvalue weighted by Crippen LogP contribution is -2.38. The Morgan fingerprint density at radius 3 is 2.39 bits per heavy atom. The Morgan fingerprint density at radius 1 is 1.28 bits per heavy atom. The smallest absolute Gasteiger partial charge is 0.0594 e. The summed E-state index contributed by atoms with van der Waals surface area (Å²) >= 11 is 0. The highest BCUT2D eigenvalue weighted by atomic mass is 16.5. The zero-order valence-electron chi connectivity index (χ0n) is 13.3. The van der Waals surface area contributed by atoms with E-state index in [0.29, 0.717) is 5.41 Å². The summed E-state index contributed by atoms with van der Waals surface area (Å²) in [6, 6.07) is 0. The second-order valence-corrected chi connectivity index (χ2v) is 6.82. The lowest BCUT2D eigenvalue weighted by molar-refractivity contribution is -0.00395. The van der Waals surface area contributed by atoms with E-state index in [9.17, 15) is 0 Å². The molecule has 0 radical (unpaired) electrons. The summed E-state index contributed by atoms with van der Waals surface area (Å²) in [4.78, 5) is 0. The van der Waals surface area contributed by atoms with E-state index in [-0.39, 0.29) is 11.5 Å². The molecule has 0 spiro atoms. The van der Waals surface area contributed by atoms with Gasteiger partial charge in [-0.25, -0.2) is 0 Å². The molecular formula is C16H33NO. The van der Waals surface area contributed by atoms with Crippen molar-refractivity contribution in [3.8, 4) is 0 Å². The molecule has 1 N–H and O–H groups in total. The first-order valence-corrected chi connectivity index (χ1v) is 7.09. The van der Waals surface area contributed by atoms with Crippen LogP contribution in [0.15, 0.2) is 12.7 Å². The molecule has 18 heavy (non-hydrogen) atoms. The van der Waals surface area contributed by atoms with Crippen LogP contribution in [0.1, 0.15) is 53.9 Å². The van der Waals surface area contributed by atoms with Crippen LogP contribution in [0.2, 0.25) is 0 Å². The number of ether oxygens (including phenoxy) is 1. The number of allylic oxidation sites excluding steroid dienone is 1. The number of hydrogen-bond donors (Lipinski definition) is 1. The number of hydrogen-bond acceptors (Lipinski definition) is 2. The van der Waals surface area contributed by atoms with Gasteiger partial charge in [0.15, 0.2) is 0 Å². The summed E-state index contributed by atoms with van der Waals surface area (Å²) in [5.41, 5.74) is 0.505. The normalized spacial score (nSPS) is 14.6. The van der Waals surface area contributed by atoms with Crippen LogP contribution < -0.4 is 5.32 Å². The van der Waals surface area contributed by atoms with Crippen LogP contribution in [0.5, 0.6) is 0 Å². The van der Waals surface area contributed by atoms with Crippen molar-refractivity contribution in [1.29, 1.82) is 0 Å². The lowest BCUT2D eigenvalue weighted by atomic mass is 9.72. The molecule has 0 bridgehead atoms. The highest BCUT2D eigenvalue weighted by Crippen LogP contribution is 2.36. The van der Waals surface area contributed by atoms with E-state index in [4.69, 9.17) is 4.74 Å². The zero-order valence-corrected chi connectivity index (χ0v) is 13.3. The van der Waals surface area contributed by atoms with Gasteiger partial charge in [0, 0.05) is 13.7 Å². The van der Waals surface area contributed by atoms with Crippen molar-refractivity contribution >= 4 is 0 Å². The second kappa shape index (κ2) is 7.96. The molecule has 2 nitrogen and oxygen atoms in total. The van der Waals surface area contributed by atoms with E-state index in [1.54, 1.807) is 7.11 Å². The number of unbranched alkanes of at least 4 members (excludes halogenated alkanes) is 1. The number of nitrogens with one attached hydrogen (secondary N) is 1. The van der Waals surface area contributed by atoms with Crippen LogP contribution in [-0.4, -0.2) is 26.3 Å². The Morgan fingerprint density at radius 2 is 1.89 bits per heavy atom. The SMILES string of the molecule is C=CCCCNCC(C)(C)CC(C)(C)C(C)OC. The molecule has 0 aromatic carbocycles. The average molecular weight is 255 g/mol. The van der Waals surface area contributed by atoms with E-state index >= 15 is 0 Å². The van der Waals surface area contributed by atoms with Gasteiger partial charge in [0.05, 0.1) is 6.10 Å². The van der Waals surface area contributed by atoms with E-state index in [1.807, 2.05) is 6.08 Å². The minimum Gasteiger partial charge on any atom is -0.381 e. The van der Waals surface area contributed by atoms with Gasteiger partial charge >= 0.3 is 0 Å². The number of rotatable bonds is 10. The van der Waals surface area contributed by atoms with E-state index in [0.717, 1.165) is 25.9 Å². The average Bonchev–Trinajstić information content (AvgIpc) is 2.26. The summed E-state index contributed by atoms with van der Waals surface area (Å²) in [5, 5.41) is 3.55. The zero-order chi connectivity index (χ0) is 14.2. The fourth-order valence-electron chi connectivity index (χ4n) is 2.56. The first-order chi connectivity index (χ1) is 8.25. The lowest BCUT2D eigenvalue weighted by Gasteiger charge is -2.38. The molecule has 0 saturated heterocycles. The van der Waals surface area contributed by atoms with Crippen LogP contribution >= 0.6 is 0 Å². The van der Waals surface area contributed by atoms with Crippen molar-refractivity contribution in [3.05, 3.63) is 12.7 Å². The topological polar surface area (TPSA) is 21.3 Å². The van der Waals surface area contributed by atoms with Gasteiger partial charge in [-0.05, 0) is 43.6 Å². The molecule has 2 heteroatoms. The van der Waals surface area contributed by atoms with Gasteiger partial charge in [-0.2, -0.15) is 0 Å². The predicted octanol–water partition coefficient (Wildman–Crippen LogP) is 4.02. The first-order valence-electron chi connectivity index (χ1n) is 7.09. The summed E-state index contributed by atoms with van der Waals surface area (Å²) in [6.07, 6.45) is 5.70. The third-order valence-electron chi connectivity index (χ3n) is 3.75. The Hall–Kier alpha value is -0.340. The molecule has 0 aliphatic heterocycles. The van der Waals surface area contributed by atoms with Crippen molar-refractivity contribution in [3.63, 3.8) is 0 Å². The van der Waals surface area contributed by atoms with Gasteiger partial charge in [0.2, 0.25) is 0 Å². The summed E-state index contributed by atoms with van der Waals surface area (Å²) in [7, 11) is 1.80. The standard InChI is InChI=1S/C16H33NO/c1-8-9-10-11-17-13-15(3,4)12-16(5,6)14(2)18-7/h8,14,17H,1,9-13H2,2-7H3. The monoisotopic (exact) mass is 255 g/mol. The molecule has 0 heterocycles. The Kier molecular flexibility index (Phi) is 7.81. The molecule has 1 atom stereocenters. The van der Waals surface area contributed by atoms with Crippen LogP contribution in [0.3, 0.4) is 0 Å². The quantitative estimate of drug-likeness (QED) is 0.470. The van der Waals surface area contributed by atoms with Crippen molar-refractivity contribution in [2.45, 2.75) is 60.0 Å². The van der Waals surface area contributed by atoms with Crippen LogP contribution in [0.25, 0.3) is 0 Å². The molecule has 108 valence electrons. The van der Waals surface area contributed by atoms with Gasteiger partial charge in [-0.1, -0.05) is 33.8 Å². The van der Waals surface area contributed by atoms with Crippen LogP contribution in [0.4, 0.5) is 0 Å². The van der Waals surface area contributed by atoms with Gasteiger partial charge in [-0.3, -0.25) is 0 Å². The molecule has 0 saturated carbocycles. The van der Waals surface area contributed by atoms with E-state index < -0.39 is 0 Å². The molecule has 0 aromatic heterocycles.